The second kappa shape index (κ2) is 9.99. The Kier molecular flexibility index (Phi) is 7.32. The van der Waals surface area contributed by atoms with Gasteiger partial charge in [0.1, 0.15) is 0 Å². The molecule has 31 heavy (non-hydrogen) atoms. The smallest absolute Gasteiger partial charge is 0.237 e. The lowest BCUT2D eigenvalue weighted by Crippen LogP contribution is -2.48. The molecular weight excluding hydrogens is 390 g/mol. The Morgan fingerprint density at radius 2 is 1.74 bits per heavy atom. The zero-order chi connectivity index (χ0) is 21.8. The maximum Gasteiger partial charge on any atom is 0.237 e. The fourth-order valence-corrected chi connectivity index (χ4v) is 5.98. The van der Waals surface area contributed by atoms with Gasteiger partial charge in [0.25, 0.3) is 0 Å². The van der Waals surface area contributed by atoms with Crippen LogP contribution in [0.4, 0.5) is 0 Å². The quantitative estimate of drug-likeness (QED) is 0.624. The average Bonchev–Trinajstić information content (AvgIpc) is 3.15. The molecule has 4 atom stereocenters. The second-order valence-electron chi connectivity index (χ2n) is 9.98. The van der Waals surface area contributed by atoms with Crippen molar-refractivity contribution < 1.29 is 15.0 Å². The van der Waals surface area contributed by atoms with Gasteiger partial charge in [0.2, 0.25) is 5.91 Å². The second-order valence-corrected chi connectivity index (χ2v) is 9.98. The number of carbonyl (C=O) groups excluding carboxylic acids is 1. The lowest BCUT2D eigenvalue weighted by molar-refractivity contribution is -0.125. The van der Waals surface area contributed by atoms with Crippen molar-refractivity contribution in [3.05, 3.63) is 35.9 Å². The predicted molar refractivity (Wildman–Crippen MR) is 122 cm³/mol. The molecule has 6 nitrogen and oxygen atoms in total. The first kappa shape index (κ1) is 22.7. The van der Waals surface area contributed by atoms with Gasteiger partial charge in [0, 0.05) is 31.1 Å². The molecule has 2 aliphatic heterocycles. The van der Waals surface area contributed by atoms with Crippen LogP contribution in [0.2, 0.25) is 0 Å². The number of nitrogens with zero attached hydrogens (tertiary/aromatic N) is 2. The molecule has 3 N–H and O–H groups in total. The molecule has 1 aliphatic carbocycles. The first-order valence-electron chi connectivity index (χ1n) is 12.1. The van der Waals surface area contributed by atoms with E-state index in [2.05, 4.69) is 39.4 Å². The Labute approximate surface area is 186 Å². The molecule has 1 saturated carbocycles. The highest BCUT2D eigenvalue weighted by Gasteiger charge is 2.41. The van der Waals surface area contributed by atoms with Gasteiger partial charge in [-0.2, -0.15) is 0 Å². The summed E-state index contributed by atoms with van der Waals surface area (Å²) in [5.74, 6) is 0.140. The molecule has 1 unspecified atom stereocenters. The predicted octanol–water partition coefficient (Wildman–Crippen LogP) is 1.89. The van der Waals surface area contributed by atoms with Crippen molar-refractivity contribution in [2.24, 2.45) is 0 Å². The Hall–Kier alpha value is -1.47. The molecule has 4 rings (SSSR count). The Morgan fingerprint density at radius 1 is 1.03 bits per heavy atom. The first-order chi connectivity index (χ1) is 15.0. The van der Waals surface area contributed by atoms with Gasteiger partial charge in [-0.15, -0.1) is 0 Å². The number of rotatable bonds is 5. The molecule has 2 saturated heterocycles. The molecule has 1 amide bonds. The van der Waals surface area contributed by atoms with Gasteiger partial charge >= 0.3 is 0 Å². The van der Waals surface area contributed by atoms with E-state index in [4.69, 9.17) is 0 Å². The number of benzene rings is 1. The van der Waals surface area contributed by atoms with Crippen LogP contribution >= 0.6 is 0 Å². The highest BCUT2D eigenvalue weighted by molar-refractivity contribution is 5.82. The van der Waals surface area contributed by atoms with Crippen molar-refractivity contribution in [1.82, 2.24) is 15.1 Å². The van der Waals surface area contributed by atoms with Gasteiger partial charge in [0.05, 0.1) is 18.2 Å². The molecular formula is C25H39N3O3. The van der Waals surface area contributed by atoms with E-state index in [9.17, 15) is 15.0 Å². The number of hydrogen-bond donors (Lipinski definition) is 3. The minimum atomic E-state index is -0.363. The average molecular weight is 430 g/mol. The number of likely N-dealkylation sites (N-methyl/N-ethyl adjacent to an activating group) is 1. The molecule has 1 aromatic rings. The van der Waals surface area contributed by atoms with Crippen molar-refractivity contribution in [2.75, 3.05) is 33.2 Å². The summed E-state index contributed by atoms with van der Waals surface area (Å²) in [6, 6.07) is 10.7. The minimum absolute atomic E-state index is 0.0169. The van der Waals surface area contributed by atoms with E-state index in [1.54, 1.807) is 0 Å². The van der Waals surface area contributed by atoms with Gasteiger partial charge in [-0.05, 0) is 70.5 Å². The topological polar surface area (TPSA) is 76.0 Å². The number of piperidine rings is 1. The summed E-state index contributed by atoms with van der Waals surface area (Å²) in [7, 11) is 2.03. The van der Waals surface area contributed by atoms with Crippen LogP contribution in [0.3, 0.4) is 0 Å². The number of hydrogen-bond acceptors (Lipinski definition) is 5. The van der Waals surface area contributed by atoms with Crippen molar-refractivity contribution in [1.29, 1.82) is 0 Å². The Bertz CT molecular complexity index is 722. The number of carbonyl (C=O) groups is 1. The van der Waals surface area contributed by atoms with E-state index in [0.29, 0.717) is 6.54 Å². The number of aliphatic hydroxyl groups excluding tert-OH is 2. The van der Waals surface area contributed by atoms with Crippen molar-refractivity contribution in [2.45, 2.75) is 81.1 Å². The lowest BCUT2D eigenvalue weighted by atomic mass is 9.74. The fraction of sp³-hybridized carbons (Fsp3) is 0.720. The third-order valence-electron chi connectivity index (χ3n) is 8.06. The van der Waals surface area contributed by atoms with Crippen LogP contribution in [0.25, 0.3) is 0 Å². The third kappa shape index (κ3) is 5.14. The summed E-state index contributed by atoms with van der Waals surface area (Å²) in [5, 5.41) is 24.2. The van der Waals surface area contributed by atoms with Gasteiger partial charge in [-0.25, -0.2) is 0 Å². The standard InChI is InChI=1S/C25H39N3O3/c1-27-15-5-8-22(27)24(31)26-18-25(19-6-3-2-4-7-19)13-9-21(23(30)10-14-25)28-16-11-20(29)12-17-28/h2-4,6-7,20-23,29-30H,5,8-18H2,1H3,(H,26,31)/t21-,22?,23-,25-/m0/s1. The van der Waals surface area contributed by atoms with E-state index >= 15 is 0 Å². The Morgan fingerprint density at radius 3 is 2.42 bits per heavy atom. The number of amides is 1. The number of aliphatic hydroxyl groups is 2. The molecule has 172 valence electrons. The van der Waals surface area contributed by atoms with Gasteiger partial charge in [0.15, 0.2) is 0 Å². The number of likely N-dealkylation sites (tertiary alicyclic amines) is 2. The molecule has 3 aliphatic rings. The monoisotopic (exact) mass is 429 g/mol. The Balaban J connectivity index is 1.49. The van der Waals surface area contributed by atoms with E-state index in [1.165, 1.54) is 5.56 Å². The third-order valence-corrected chi connectivity index (χ3v) is 8.06. The van der Waals surface area contributed by atoms with Crippen molar-refractivity contribution >= 4 is 5.91 Å². The van der Waals surface area contributed by atoms with Crippen LogP contribution in [-0.2, 0) is 10.2 Å². The molecule has 0 radical (unpaired) electrons. The van der Waals surface area contributed by atoms with E-state index in [1.807, 2.05) is 13.1 Å². The van der Waals surface area contributed by atoms with E-state index in [-0.39, 0.29) is 35.6 Å². The zero-order valence-electron chi connectivity index (χ0n) is 18.9. The summed E-state index contributed by atoms with van der Waals surface area (Å²) >= 11 is 0. The SMILES string of the molecule is CN1CCCC1C(=O)NC[C@@]1(c2ccccc2)CC[C@H](O)[C@@H](N2CCC(O)CC2)CC1. The first-order valence-corrected chi connectivity index (χ1v) is 12.1. The lowest BCUT2D eigenvalue weighted by Gasteiger charge is -2.38. The maximum atomic E-state index is 12.9. The number of nitrogens with one attached hydrogen (secondary N) is 1. The largest absolute Gasteiger partial charge is 0.393 e. The van der Waals surface area contributed by atoms with Crippen LogP contribution in [0.1, 0.15) is 56.9 Å². The van der Waals surface area contributed by atoms with Gasteiger partial charge < -0.3 is 15.5 Å². The van der Waals surface area contributed by atoms with Crippen molar-refractivity contribution in [3.63, 3.8) is 0 Å². The summed E-state index contributed by atoms with van der Waals surface area (Å²) < 4.78 is 0. The summed E-state index contributed by atoms with van der Waals surface area (Å²) in [4.78, 5) is 17.5. The zero-order valence-corrected chi connectivity index (χ0v) is 18.9. The van der Waals surface area contributed by atoms with Crippen LogP contribution < -0.4 is 5.32 Å². The fourth-order valence-electron chi connectivity index (χ4n) is 5.98. The van der Waals surface area contributed by atoms with Crippen LogP contribution in [-0.4, -0.2) is 83.4 Å². The summed E-state index contributed by atoms with van der Waals surface area (Å²) in [6.45, 7) is 3.32. The summed E-state index contributed by atoms with van der Waals surface area (Å²) in [6.07, 6.45) is 6.48. The molecule has 0 aromatic heterocycles. The minimum Gasteiger partial charge on any atom is -0.393 e. The molecule has 0 spiro atoms. The van der Waals surface area contributed by atoms with Crippen LogP contribution in [0.5, 0.6) is 0 Å². The van der Waals surface area contributed by atoms with Gasteiger partial charge in [-0.3, -0.25) is 14.6 Å². The maximum absolute atomic E-state index is 12.9. The molecule has 2 heterocycles. The molecule has 0 bridgehead atoms. The van der Waals surface area contributed by atoms with Crippen molar-refractivity contribution in [3.8, 4) is 0 Å². The van der Waals surface area contributed by atoms with Gasteiger partial charge in [-0.1, -0.05) is 30.3 Å². The van der Waals surface area contributed by atoms with E-state index in [0.717, 1.165) is 71.0 Å². The van der Waals surface area contributed by atoms with Crippen LogP contribution in [0.15, 0.2) is 30.3 Å². The molecule has 3 fully saturated rings. The van der Waals surface area contributed by atoms with Crippen LogP contribution in [0, 0.1) is 0 Å². The highest BCUT2D eigenvalue weighted by Crippen LogP contribution is 2.39. The van der Waals surface area contributed by atoms with E-state index < -0.39 is 0 Å². The molecule has 6 heteroatoms. The normalized spacial score (nSPS) is 33.8. The highest BCUT2D eigenvalue weighted by atomic mass is 16.3. The summed E-state index contributed by atoms with van der Waals surface area (Å²) in [5.41, 5.74) is 1.11. The molecule has 1 aromatic carbocycles.